The van der Waals surface area contributed by atoms with Crippen LogP contribution in [0.15, 0.2) is 47.4 Å². The molecule has 3 nitrogen and oxygen atoms in total. The highest BCUT2D eigenvalue weighted by molar-refractivity contribution is 7.91. The normalized spacial score (nSPS) is 24.2. The Hall–Kier alpha value is -1.79. The Bertz CT molecular complexity index is 930. The van der Waals surface area contributed by atoms with Crippen molar-refractivity contribution in [2.24, 2.45) is 0 Å². The Morgan fingerprint density at radius 2 is 1.85 bits per heavy atom. The van der Waals surface area contributed by atoms with Gasteiger partial charge in [0.25, 0.3) is 0 Å². The fraction of sp³-hybridized carbons (Fsp3) is 0.429. The van der Waals surface area contributed by atoms with Crippen LogP contribution < -0.4 is 5.32 Å². The largest absolute Gasteiger partial charge is 0.300 e. The highest BCUT2D eigenvalue weighted by Gasteiger charge is 2.42. The molecule has 1 N–H and O–H groups in total. The molecule has 1 aliphatic heterocycles. The summed E-state index contributed by atoms with van der Waals surface area (Å²) in [7, 11) is -3.55. The van der Waals surface area contributed by atoms with E-state index in [1.54, 1.807) is 24.3 Å². The molecule has 0 aromatic heterocycles. The van der Waals surface area contributed by atoms with E-state index >= 15 is 0 Å². The third-order valence-electron chi connectivity index (χ3n) is 5.44. The summed E-state index contributed by atoms with van der Waals surface area (Å²) in [6, 6.07) is 9.51. The SMILES string of the molecule is CCCC[C@@]1(CC)CS(=O)(=O)c2ccccc2[C@H](c2ccc(F)cc2F)N1. The van der Waals surface area contributed by atoms with Crippen LogP contribution in [-0.2, 0) is 9.84 Å². The second-order valence-electron chi connectivity index (χ2n) is 7.28. The van der Waals surface area contributed by atoms with Gasteiger partial charge in [-0.05, 0) is 30.5 Å². The first-order valence-electron chi connectivity index (χ1n) is 9.36. The van der Waals surface area contributed by atoms with E-state index < -0.39 is 33.1 Å². The van der Waals surface area contributed by atoms with Crippen molar-refractivity contribution in [3.8, 4) is 0 Å². The van der Waals surface area contributed by atoms with Crippen LogP contribution in [-0.4, -0.2) is 19.7 Å². The molecule has 1 heterocycles. The average Bonchev–Trinajstić information content (AvgIpc) is 2.73. The van der Waals surface area contributed by atoms with Crippen molar-refractivity contribution in [2.45, 2.75) is 56.0 Å². The Morgan fingerprint density at radius 3 is 2.52 bits per heavy atom. The van der Waals surface area contributed by atoms with Crippen LogP contribution >= 0.6 is 0 Å². The molecule has 3 rings (SSSR count). The van der Waals surface area contributed by atoms with E-state index in [1.807, 2.05) is 6.92 Å². The van der Waals surface area contributed by atoms with E-state index in [0.717, 1.165) is 18.9 Å². The molecule has 0 saturated heterocycles. The number of fused-ring (bicyclic) bond motifs is 1. The molecule has 6 heteroatoms. The molecule has 0 radical (unpaired) electrons. The maximum absolute atomic E-state index is 14.6. The van der Waals surface area contributed by atoms with Crippen LogP contribution in [0.3, 0.4) is 0 Å². The smallest absolute Gasteiger partial charge is 0.180 e. The molecule has 0 aliphatic carbocycles. The highest BCUT2D eigenvalue weighted by atomic mass is 32.2. The van der Waals surface area contributed by atoms with Crippen LogP contribution in [0, 0.1) is 11.6 Å². The molecule has 2 atom stereocenters. The van der Waals surface area contributed by atoms with Gasteiger partial charge in [-0.1, -0.05) is 51.0 Å². The van der Waals surface area contributed by atoms with E-state index in [0.29, 0.717) is 18.4 Å². The van der Waals surface area contributed by atoms with Gasteiger partial charge in [-0.25, -0.2) is 17.2 Å². The number of hydrogen-bond acceptors (Lipinski definition) is 3. The van der Waals surface area contributed by atoms with Gasteiger partial charge in [-0.3, -0.25) is 5.32 Å². The molecule has 0 bridgehead atoms. The maximum atomic E-state index is 14.6. The first kappa shape index (κ1) is 20.0. The van der Waals surface area contributed by atoms with Gasteiger partial charge < -0.3 is 0 Å². The minimum Gasteiger partial charge on any atom is -0.300 e. The highest BCUT2D eigenvalue weighted by Crippen LogP contribution is 2.38. The topological polar surface area (TPSA) is 46.2 Å². The number of halogens is 2. The van der Waals surface area contributed by atoms with Crippen molar-refractivity contribution in [2.75, 3.05) is 5.75 Å². The van der Waals surface area contributed by atoms with Crippen LogP contribution in [0.2, 0.25) is 0 Å². The molecule has 0 amide bonds. The first-order chi connectivity index (χ1) is 12.8. The van der Waals surface area contributed by atoms with E-state index in [9.17, 15) is 17.2 Å². The van der Waals surface area contributed by atoms with Crippen LogP contribution in [0.25, 0.3) is 0 Å². The molecule has 2 aromatic carbocycles. The second-order valence-corrected chi connectivity index (χ2v) is 9.24. The molecule has 1 aliphatic rings. The lowest BCUT2D eigenvalue weighted by molar-refractivity contribution is 0.292. The van der Waals surface area contributed by atoms with Crippen molar-refractivity contribution < 1.29 is 17.2 Å². The van der Waals surface area contributed by atoms with Gasteiger partial charge in [-0.2, -0.15) is 0 Å². The predicted molar refractivity (Wildman–Crippen MR) is 102 cm³/mol. The summed E-state index contributed by atoms with van der Waals surface area (Å²) in [6.07, 6.45) is 3.07. The third kappa shape index (κ3) is 3.92. The standard InChI is InChI=1S/C21H25F2NO2S/c1-3-5-12-21(4-2)14-27(25,26)19-9-7-6-8-17(19)20(24-21)16-11-10-15(22)13-18(16)23/h6-11,13,20,24H,3-5,12,14H2,1-2H3/t20-,21-/m0/s1. The quantitative estimate of drug-likeness (QED) is 0.796. The summed E-state index contributed by atoms with van der Waals surface area (Å²) in [4.78, 5) is 0.220. The number of rotatable bonds is 5. The molecule has 0 spiro atoms. The summed E-state index contributed by atoms with van der Waals surface area (Å²) in [5.41, 5.74) is 0.101. The Morgan fingerprint density at radius 1 is 1.11 bits per heavy atom. The predicted octanol–water partition coefficient (Wildman–Crippen LogP) is 4.77. The number of benzene rings is 2. The lowest BCUT2D eigenvalue weighted by Crippen LogP contribution is -2.50. The summed E-state index contributed by atoms with van der Waals surface area (Å²) in [5, 5.41) is 3.46. The van der Waals surface area contributed by atoms with Gasteiger partial charge in [0.15, 0.2) is 9.84 Å². The van der Waals surface area contributed by atoms with Gasteiger partial charge in [0.1, 0.15) is 11.6 Å². The summed E-state index contributed by atoms with van der Waals surface area (Å²) < 4.78 is 54.4. The minimum atomic E-state index is -3.55. The molecule has 2 aromatic rings. The van der Waals surface area contributed by atoms with Gasteiger partial charge in [0, 0.05) is 17.2 Å². The Kier molecular flexibility index (Phi) is 5.68. The van der Waals surface area contributed by atoms with Crippen molar-refractivity contribution in [3.63, 3.8) is 0 Å². The van der Waals surface area contributed by atoms with Crippen LogP contribution in [0.5, 0.6) is 0 Å². The summed E-state index contributed by atoms with van der Waals surface area (Å²) in [6.45, 7) is 4.01. The van der Waals surface area contributed by atoms with Crippen LogP contribution in [0.4, 0.5) is 8.78 Å². The van der Waals surface area contributed by atoms with Gasteiger partial charge >= 0.3 is 0 Å². The summed E-state index contributed by atoms with van der Waals surface area (Å²) >= 11 is 0. The number of sulfone groups is 1. The fourth-order valence-electron chi connectivity index (χ4n) is 3.89. The maximum Gasteiger partial charge on any atom is 0.180 e. The lowest BCUT2D eigenvalue weighted by atomic mass is 9.88. The van der Waals surface area contributed by atoms with Crippen molar-refractivity contribution in [1.82, 2.24) is 5.32 Å². The Labute approximate surface area is 159 Å². The van der Waals surface area contributed by atoms with Crippen molar-refractivity contribution in [1.29, 1.82) is 0 Å². The molecule has 0 unspecified atom stereocenters. The molecule has 0 saturated carbocycles. The monoisotopic (exact) mass is 393 g/mol. The third-order valence-corrected chi connectivity index (χ3v) is 7.42. The lowest BCUT2D eigenvalue weighted by Gasteiger charge is -2.36. The molecule has 0 fully saturated rings. The van der Waals surface area contributed by atoms with E-state index in [-0.39, 0.29) is 16.2 Å². The molecular weight excluding hydrogens is 368 g/mol. The molecular formula is C21H25F2NO2S. The van der Waals surface area contributed by atoms with E-state index in [1.165, 1.54) is 12.1 Å². The fourth-order valence-corrected chi connectivity index (χ4v) is 6.04. The van der Waals surface area contributed by atoms with Crippen molar-refractivity contribution >= 4 is 9.84 Å². The molecule has 146 valence electrons. The van der Waals surface area contributed by atoms with E-state index in [2.05, 4.69) is 12.2 Å². The van der Waals surface area contributed by atoms with Crippen molar-refractivity contribution in [3.05, 3.63) is 65.2 Å². The number of hydrogen-bond donors (Lipinski definition) is 1. The Balaban J connectivity index is 2.22. The zero-order valence-electron chi connectivity index (χ0n) is 15.6. The number of unbranched alkanes of at least 4 members (excludes halogenated alkanes) is 1. The first-order valence-corrected chi connectivity index (χ1v) is 11.0. The van der Waals surface area contributed by atoms with Gasteiger partial charge in [-0.15, -0.1) is 0 Å². The second kappa shape index (κ2) is 7.68. The van der Waals surface area contributed by atoms with Crippen LogP contribution in [0.1, 0.15) is 56.7 Å². The van der Waals surface area contributed by atoms with E-state index in [4.69, 9.17) is 0 Å². The number of nitrogens with one attached hydrogen (secondary N) is 1. The average molecular weight is 393 g/mol. The zero-order chi connectivity index (χ0) is 19.7. The zero-order valence-corrected chi connectivity index (χ0v) is 16.5. The minimum absolute atomic E-state index is 0.0349. The summed E-state index contributed by atoms with van der Waals surface area (Å²) in [5.74, 6) is -1.37. The van der Waals surface area contributed by atoms with Gasteiger partial charge in [0.05, 0.1) is 16.7 Å². The molecule has 27 heavy (non-hydrogen) atoms. The van der Waals surface area contributed by atoms with Gasteiger partial charge in [0.2, 0.25) is 0 Å².